The zero-order valence-electron chi connectivity index (χ0n) is 35.1. The lowest BCUT2D eigenvalue weighted by molar-refractivity contribution is 0.200. The van der Waals surface area contributed by atoms with Crippen LogP contribution in [0.25, 0.3) is 0 Å². The predicted octanol–water partition coefficient (Wildman–Crippen LogP) is 12.6. The molecule has 7 rings (SSSR count). The summed E-state index contributed by atoms with van der Waals surface area (Å²) in [6.45, 7) is 4.59. The molecular formula is C52H51N5O2S3. The molecule has 0 spiro atoms. The molecule has 2 unspecified atom stereocenters. The van der Waals surface area contributed by atoms with Crippen molar-refractivity contribution in [2.75, 3.05) is 40.0 Å². The average molecular weight is 874 g/mol. The maximum atomic E-state index is 11.2. The van der Waals surface area contributed by atoms with Crippen molar-refractivity contribution in [1.29, 1.82) is 0 Å². The van der Waals surface area contributed by atoms with Gasteiger partial charge in [-0.1, -0.05) is 90.1 Å². The maximum absolute atomic E-state index is 11.2. The maximum Gasteiger partial charge on any atom is 0.0830 e. The molecule has 7 nitrogen and oxygen atoms in total. The van der Waals surface area contributed by atoms with E-state index in [0.29, 0.717) is 18.8 Å². The lowest BCUT2D eigenvalue weighted by atomic mass is 10.1. The molecule has 2 atom stereocenters. The minimum absolute atomic E-state index is 0.346. The Bertz CT molecular complexity index is 2470. The van der Waals surface area contributed by atoms with Gasteiger partial charge >= 0.3 is 0 Å². The van der Waals surface area contributed by atoms with E-state index >= 15 is 0 Å². The third-order valence-corrected chi connectivity index (χ3v) is 12.7. The zero-order valence-corrected chi connectivity index (χ0v) is 37.6. The summed E-state index contributed by atoms with van der Waals surface area (Å²) < 4.78 is 0. The highest BCUT2D eigenvalue weighted by molar-refractivity contribution is 8.00. The van der Waals surface area contributed by atoms with E-state index in [4.69, 9.17) is 10.2 Å². The Hall–Kier alpha value is -5.75. The normalized spacial score (nSPS) is 12.4. The van der Waals surface area contributed by atoms with Gasteiger partial charge < -0.3 is 15.1 Å². The number of thioether (sulfide) groups is 2. The van der Waals surface area contributed by atoms with Gasteiger partial charge in [-0.3, -0.25) is 10.0 Å². The van der Waals surface area contributed by atoms with Crippen LogP contribution in [0.15, 0.2) is 212 Å². The first-order valence-electron chi connectivity index (χ1n) is 20.5. The van der Waals surface area contributed by atoms with Crippen LogP contribution in [-0.4, -0.2) is 59.9 Å². The molecule has 0 aliphatic heterocycles. The van der Waals surface area contributed by atoms with Gasteiger partial charge in [0.2, 0.25) is 0 Å². The summed E-state index contributed by atoms with van der Waals surface area (Å²) in [7, 11) is 0. The van der Waals surface area contributed by atoms with Crippen LogP contribution in [0.1, 0.15) is 23.6 Å². The molecule has 7 aromatic rings. The molecule has 0 fully saturated rings. The fourth-order valence-corrected chi connectivity index (χ4v) is 8.59. The number of hydrogen-bond donors (Lipinski definition) is 2. The summed E-state index contributed by atoms with van der Waals surface area (Å²) >= 11 is 5.14. The van der Waals surface area contributed by atoms with Crippen LogP contribution in [0.5, 0.6) is 0 Å². The van der Waals surface area contributed by atoms with E-state index < -0.39 is 12.2 Å². The third-order valence-electron chi connectivity index (χ3n) is 9.78. The number of rotatable bonds is 19. The molecule has 0 saturated heterocycles. The summed E-state index contributed by atoms with van der Waals surface area (Å²) in [6.07, 6.45) is 4.62. The average Bonchev–Trinajstić information content (AvgIpc) is 3.31. The van der Waals surface area contributed by atoms with E-state index in [1.165, 1.54) is 20.2 Å². The van der Waals surface area contributed by atoms with Crippen LogP contribution < -0.4 is 14.9 Å². The number of hydrogen-bond acceptors (Lipinski definition) is 10. The lowest BCUT2D eigenvalue weighted by Gasteiger charge is -2.26. The second kappa shape index (κ2) is 22.4. The summed E-state index contributed by atoms with van der Waals surface area (Å²) in [6, 6.07) is 62.2. The summed E-state index contributed by atoms with van der Waals surface area (Å²) in [5.74, 6) is 0.536. The number of aryl methyl sites for hydroxylation is 1. The fraction of sp³-hybridized carbons (Fsp3) is 0.154. The van der Waals surface area contributed by atoms with Gasteiger partial charge in [0, 0.05) is 42.4 Å². The molecule has 0 aliphatic rings. The summed E-state index contributed by atoms with van der Waals surface area (Å²) in [5, 5.41) is 34.7. The van der Waals surface area contributed by atoms with Crippen LogP contribution >= 0.6 is 35.3 Å². The minimum Gasteiger partial charge on any atom is -0.391 e. The Morgan fingerprint density at radius 2 is 0.919 bits per heavy atom. The number of aliphatic hydroxyl groups is 2. The van der Waals surface area contributed by atoms with Crippen molar-refractivity contribution in [3.05, 3.63) is 199 Å². The molecule has 0 bridgehead atoms. The number of nitrogens with zero attached hydrogens (tertiary/aromatic N) is 5. The number of aliphatic hydroxyl groups excluding tert-OH is 2. The van der Waals surface area contributed by atoms with Crippen molar-refractivity contribution in [3.8, 4) is 0 Å². The topological polar surface area (TPSA) is 74.9 Å². The molecule has 62 heavy (non-hydrogen) atoms. The molecule has 0 amide bonds. The van der Waals surface area contributed by atoms with E-state index in [2.05, 4.69) is 139 Å². The van der Waals surface area contributed by atoms with Crippen molar-refractivity contribution < 1.29 is 10.2 Å². The van der Waals surface area contributed by atoms with Gasteiger partial charge in [0.15, 0.2) is 0 Å². The van der Waals surface area contributed by atoms with Crippen LogP contribution in [0.3, 0.4) is 0 Å². The van der Waals surface area contributed by atoms with Gasteiger partial charge in [0.05, 0.1) is 49.1 Å². The van der Waals surface area contributed by atoms with Crippen molar-refractivity contribution in [2.45, 2.75) is 45.6 Å². The van der Waals surface area contributed by atoms with Crippen LogP contribution in [0.2, 0.25) is 0 Å². The largest absolute Gasteiger partial charge is 0.391 e. The third kappa shape index (κ3) is 12.9. The van der Waals surface area contributed by atoms with E-state index in [9.17, 15) is 10.2 Å². The number of para-hydroxylation sites is 2. The van der Waals surface area contributed by atoms with Crippen molar-refractivity contribution >= 4 is 76.2 Å². The van der Waals surface area contributed by atoms with E-state index in [1.807, 2.05) is 83.1 Å². The summed E-state index contributed by atoms with van der Waals surface area (Å²) in [4.78, 5) is 7.00. The van der Waals surface area contributed by atoms with Gasteiger partial charge in [-0.05, 0) is 140 Å². The highest BCUT2D eigenvalue weighted by Crippen LogP contribution is 2.35. The number of benzene rings is 7. The molecule has 0 heterocycles. The van der Waals surface area contributed by atoms with Gasteiger partial charge in [-0.2, -0.15) is 10.2 Å². The van der Waals surface area contributed by atoms with Crippen LogP contribution in [-0.2, 0) is 0 Å². The van der Waals surface area contributed by atoms with Gasteiger partial charge in [0.25, 0.3) is 0 Å². The molecule has 7 aromatic carbocycles. The standard InChI is InChI=1S/C52H51N5O2S3/c1-39-14-20-45(21-15-39)57(46-22-16-41(17-23-46)34-53-55(36-40(2)58)43-10-6-4-7-11-43)47-24-18-42(19-25-47)35-54-56(44-12-8-5-9-13-44)37-48(59)38-61-50-28-32-52(33-29-50)62-51-30-26-49(60-3)27-31-51/h4-35,40,48,58-59H,36-38H2,1-3H3/b53-34+,54-35+. The predicted molar refractivity (Wildman–Crippen MR) is 266 cm³/mol. The highest BCUT2D eigenvalue weighted by Gasteiger charge is 2.15. The molecule has 0 aliphatic carbocycles. The Kier molecular flexibility index (Phi) is 16.0. The molecule has 0 radical (unpaired) electrons. The Labute approximate surface area is 378 Å². The first-order valence-corrected chi connectivity index (χ1v) is 23.5. The molecule has 0 saturated carbocycles. The first-order chi connectivity index (χ1) is 30.3. The first kappa shape index (κ1) is 44.3. The minimum atomic E-state index is -0.614. The SMILES string of the molecule is CSc1ccc(Sc2ccc(SCC(O)CN(/N=C/c3ccc(N(c4ccc(C)cc4)c4ccc(/C=N/N(CC(C)O)c5ccccc5)cc4)cc3)c3ccccc3)cc2)cc1. The molecule has 10 heteroatoms. The second-order valence-corrected chi connectivity index (χ2v) is 17.9. The molecule has 314 valence electrons. The van der Waals surface area contributed by atoms with Gasteiger partial charge in [-0.15, -0.1) is 23.5 Å². The lowest BCUT2D eigenvalue weighted by Crippen LogP contribution is -2.30. The summed E-state index contributed by atoms with van der Waals surface area (Å²) in [5.41, 5.74) is 7.95. The van der Waals surface area contributed by atoms with Crippen molar-refractivity contribution in [2.24, 2.45) is 10.2 Å². The Balaban J connectivity index is 1.02. The van der Waals surface area contributed by atoms with Crippen molar-refractivity contribution in [1.82, 2.24) is 0 Å². The van der Waals surface area contributed by atoms with Gasteiger partial charge in [0.1, 0.15) is 0 Å². The smallest absolute Gasteiger partial charge is 0.0830 e. The van der Waals surface area contributed by atoms with E-state index in [0.717, 1.165) is 44.5 Å². The fourth-order valence-electron chi connectivity index (χ4n) is 6.55. The number of hydrazone groups is 2. The Morgan fingerprint density at radius 3 is 1.37 bits per heavy atom. The molecule has 2 N–H and O–H groups in total. The molecule has 0 aromatic heterocycles. The Morgan fingerprint density at radius 1 is 0.500 bits per heavy atom. The van der Waals surface area contributed by atoms with E-state index in [1.54, 1.807) is 42.2 Å². The van der Waals surface area contributed by atoms with E-state index in [-0.39, 0.29) is 0 Å². The van der Waals surface area contributed by atoms with Crippen molar-refractivity contribution in [3.63, 3.8) is 0 Å². The van der Waals surface area contributed by atoms with Crippen LogP contribution in [0, 0.1) is 6.92 Å². The van der Waals surface area contributed by atoms with Gasteiger partial charge in [-0.25, -0.2) is 0 Å². The quantitative estimate of drug-likeness (QED) is 0.0473. The monoisotopic (exact) mass is 873 g/mol. The second-order valence-electron chi connectivity index (χ2n) is 14.7. The van der Waals surface area contributed by atoms with Crippen LogP contribution in [0.4, 0.5) is 28.4 Å². The highest BCUT2D eigenvalue weighted by atomic mass is 32.2. The zero-order chi connectivity index (χ0) is 43.1. The number of anilines is 5. The molecular weight excluding hydrogens is 823 g/mol.